The topological polar surface area (TPSA) is 34.1 Å². The summed E-state index contributed by atoms with van der Waals surface area (Å²) < 4.78 is 0. The predicted octanol–water partition coefficient (Wildman–Crippen LogP) is 16.4. The van der Waals surface area contributed by atoms with Gasteiger partial charge in [0.2, 0.25) is 0 Å². The van der Waals surface area contributed by atoms with Crippen molar-refractivity contribution in [1.82, 2.24) is 0 Å². The molecule has 1 aromatic carbocycles. The van der Waals surface area contributed by atoms with Crippen LogP contribution in [0.2, 0.25) is 0 Å². The molecular formula is C53H76O2. The Kier molecular flexibility index (Phi) is 21.9. The average Bonchev–Trinajstić information content (AvgIpc) is 3.11. The zero-order chi connectivity index (χ0) is 40.9. The third-order valence-corrected chi connectivity index (χ3v) is 11.2. The van der Waals surface area contributed by atoms with Crippen molar-refractivity contribution in [2.24, 2.45) is 0 Å². The van der Waals surface area contributed by atoms with Crippen molar-refractivity contribution in [1.29, 1.82) is 0 Å². The van der Waals surface area contributed by atoms with Crippen molar-refractivity contribution in [3.63, 3.8) is 0 Å². The lowest BCUT2D eigenvalue weighted by molar-refractivity contribution is 0.0972. The summed E-state index contributed by atoms with van der Waals surface area (Å²) in [4.78, 5) is 26.4. The van der Waals surface area contributed by atoms with E-state index in [1.54, 1.807) is 0 Å². The Hall–Kier alpha value is -3.78. The van der Waals surface area contributed by atoms with Gasteiger partial charge in [0.05, 0.1) is 0 Å². The molecule has 300 valence electrons. The molecule has 0 atom stereocenters. The van der Waals surface area contributed by atoms with Crippen LogP contribution in [0.3, 0.4) is 0 Å². The van der Waals surface area contributed by atoms with Gasteiger partial charge in [0, 0.05) is 22.3 Å². The molecule has 0 saturated carbocycles. The quantitative estimate of drug-likeness (QED) is 0.105. The Bertz CT molecular complexity index is 1750. The fourth-order valence-corrected chi connectivity index (χ4v) is 7.06. The Morgan fingerprint density at radius 3 is 1.11 bits per heavy atom. The zero-order valence-electron chi connectivity index (χ0n) is 37.2. The van der Waals surface area contributed by atoms with Crippen LogP contribution in [-0.4, -0.2) is 11.6 Å². The van der Waals surface area contributed by atoms with Crippen LogP contribution >= 0.6 is 0 Å². The first-order valence-electron chi connectivity index (χ1n) is 21.2. The molecule has 0 bridgehead atoms. The van der Waals surface area contributed by atoms with E-state index in [0.29, 0.717) is 28.7 Å². The van der Waals surface area contributed by atoms with Gasteiger partial charge in [0.25, 0.3) is 0 Å². The number of hydrogen-bond acceptors (Lipinski definition) is 2. The van der Waals surface area contributed by atoms with Gasteiger partial charge in [-0.25, -0.2) is 0 Å². The van der Waals surface area contributed by atoms with E-state index in [4.69, 9.17) is 0 Å². The van der Waals surface area contributed by atoms with Crippen LogP contribution in [0.1, 0.15) is 197 Å². The minimum absolute atomic E-state index is 0.000732. The summed E-state index contributed by atoms with van der Waals surface area (Å²) in [5, 5.41) is 0. The van der Waals surface area contributed by atoms with Gasteiger partial charge in [-0.05, 0) is 191 Å². The number of allylic oxidation sites excluding steroid dienone is 18. The highest BCUT2D eigenvalue weighted by atomic mass is 16.1. The molecule has 55 heavy (non-hydrogen) atoms. The van der Waals surface area contributed by atoms with E-state index < -0.39 is 0 Å². The fourth-order valence-electron chi connectivity index (χ4n) is 7.06. The lowest BCUT2D eigenvalue weighted by Crippen LogP contribution is -2.22. The predicted molar refractivity (Wildman–Crippen MR) is 242 cm³/mol. The third-order valence-electron chi connectivity index (χ3n) is 11.2. The van der Waals surface area contributed by atoms with Crippen molar-refractivity contribution in [3.8, 4) is 0 Å². The normalized spacial score (nSPS) is 15.3. The zero-order valence-corrected chi connectivity index (χ0v) is 37.2. The second-order valence-electron chi connectivity index (χ2n) is 16.8. The third kappa shape index (κ3) is 18.1. The summed E-state index contributed by atoms with van der Waals surface area (Å²) in [5.41, 5.74) is 16.0. The molecule has 0 saturated heterocycles. The molecule has 2 nitrogen and oxygen atoms in total. The minimum Gasteiger partial charge on any atom is -0.289 e. The molecule has 1 aliphatic rings. The molecule has 0 radical (unpaired) electrons. The van der Waals surface area contributed by atoms with Crippen molar-refractivity contribution >= 4 is 11.6 Å². The molecule has 1 aromatic rings. The van der Waals surface area contributed by atoms with E-state index >= 15 is 0 Å². The van der Waals surface area contributed by atoms with Gasteiger partial charge in [0.1, 0.15) is 0 Å². The summed E-state index contributed by atoms with van der Waals surface area (Å²) in [7, 11) is 0. The first kappa shape index (κ1) is 47.4. The highest BCUT2D eigenvalue weighted by Crippen LogP contribution is 2.32. The van der Waals surface area contributed by atoms with Gasteiger partial charge in [-0.15, -0.1) is 0 Å². The van der Waals surface area contributed by atoms with Crippen molar-refractivity contribution in [2.45, 2.75) is 179 Å². The van der Waals surface area contributed by atoms with E-state index in [-0.39, 0.29) is 11.6 Å². The first-order chi connectivity index (χ1) is 26.1. The number of aryl methyl sites for hydroxylation is 1. The molecule has 1 aliphatic carbocycles. The maximum absolute atomic E-state index is 13.3. The van der Waals surface area contributed by atoms with Crippen LogP contribution in [0.4, 0.5) is 0 Å². The fraction of sp³-hybridized carbons (Fsp3) is 0.509. The van der Waals surface area contributed by atoms with Gasteiger partial charge in [-0.3, -0.25) is 9.59 Å². The van der Waals surface area contributed by atoms with E-state index in [2.05, 4.69) is 111 Å². The maximum Gasteiger partial charge on any atom is 0.190 e. The molecule has 0 aliphatic heterocycles. The molecule has 2 rings (SSSR count). The Morgan fingerprint density at radius 2 is 0.764 bits per heavy atom. The maximum atomic E-state index is 13.3. The molecule has 0 aromatic heterocycles. The molecule has 0 amide bonds. The van der Waals surface area contributed by atoms with Gasteiger partial charge in [0.15, 0.2) is 11.6 Å². The number of carbonyl (C=O) groups excluding carboxylic acids is 2. The monoisotopic (exact) mass is 745 g/mol. The molecule has 0 unspecified atom stereocenters. The number of benzene rings is 1. The number of hydrogen-bond donors (Lipinski definition) is 0. The first-order valence-corrected chi connectivity index (χ1v) is 21.2. The molecular weight excluding hydrogens is 669 g/mol. The van der Waals surface area contributed by atoms with Crippen LogP contribution in [0.25, 0.3) is 0 Å². The summed E-state index contributed by atoms with van der Waals surface area (Å²) in [6, 6.07) is 3.77. The Balaban J connectivity index is 1.65. The van der Waals surface area contributed by atoms with Crippen LogP contribution in [0.15, 0.2) is 116 Å². The number of fused-ring (bicyclic) bond motifs is 1. The van der Waals surface area contributed by atoms with Crippen LogP contribution < -0.4 is 0 Å². The SMILES string of the molecule is CC(C)=CCC/C(C)=C/CC/C(C)=C/CC/C(C)=C/CC/C(C)=C/CC/C(C)=C/CC/C(C)=C/CC/C(C)=C/CC1=C(C)C(=O)c2c(ccc(C)c2C)C1=O. The van der Waals surface area contributed by atoms with Crippen LogP contribution in [0.5, 0.6) is 0 Å². The molecule has 0 N–H and O–H groups in total. The molecule has 0 fully saturated rings. The van der Waals surface area contributed by atoms with E-state index in [0.717, 1.165) is 88.2 Å². The highest BCUT2D eigenvalue weighted by Gasteiger charge is 2.30. The number of carbonyl (C=O) groups is 2. The minimum atomic E-state index is 0.000732. The average molecular weight is 745 g/mol. The van der Waals surface area contributed by atoms with E-state index in [1.807, 2.05) is 32.9 Å². The smallest absolute Gasteiger partial charge is 0.190 e. The van der Waals surface area contributed by atoms with Crippen LogP contribution in [-0.2, 0) is 0 Å². The van der Waals surface area contributed by atoms with Crippen LogP contribution in [0, 0.1) is 13.8 Å². The Labute approximate surface area is 338 Å². The van der Waals surface area contributed by atoms with Crippen molar-refractivity contribution in [3.05, 3.63) is 139 Å². The molecule has 0 spiro atoms. The summed E-state index contributed by atoms with van der Waals surface area (Å²) in [6.45, 7) is 25.8. The number of Topliss-reactive ketones (excluding diaryl/α,β-unsaturated/α-hetero) is 2. The number of rotatable bonds is 23. The molecule has 2 heteroatoms. The van der Waals surface area contributed by atoms with E-state index in [9.17, 15) is 9.59 Å². The second kappa shape index (κ2) is 25.4. The van der Waals surface area contributed by atoms with Crippen molar-refractivity contribution in [2.75, 3.05) is 0 Å². The summed E-state index contributed by atoms with van der Waals surface area (Å²) >= 11 is 0. The van der Waals surface area contributed by atoms with Gasteiger partial charge < -0.3 is 0 Å². The second-order valence-corrected chi connectivity index (χ2v) is 16.8. The van der Waals surface area contributed by atoms with Gasteiger partial charge in [-0.2, -0.15) is 0 Å². The lowest BCUT2D eigenvalue weighted by Gasteiger charge is -2.21. The van der Waals surface area contributed by atoms with Gasteiger partial charge in [-0.1, -0.05) is 105 Å². The highest BCUT2D eigenvalue weighted by molar-refractivity contribution is 6.27. The van der Waals surface area contributed by atoms with E-state index in [1.165, 1.54) is 57.4 Å². The summed E-state index contributed by atoms with van der Waals surface area (Å²) in [5.74, 6) is 0.00382. The standard InChI is InChI=1S/C53H76O2/c1-38(2)20-13-21-39(3)22-14-23-40(4)24-15-25-41(5)26-16-27-42(6)28-17-29-43(7)30-18-31-44(8)32-19-33-45(9)34-36-49-48(12)52(54)51-47(11)46(10)35-37-50(51)53(49)55/h20,22,24,26,28,30,32,34-35,37H,13-19,21,23,25,27,29,31,33,36H2,1-12H3/b39-22+,40-24+,41-26+,42-28+,43-30+,44-32+,45-34+. The van der Waals surface area contributed by atoms with Crippen molar-refractivity contribution < 1.29 is 9.59 Å². The lowest BCUT2D eigenvalue weighted by atomic mass is 9.80. The Morgan fingerprint density at radius 1 is 0.436 bits per heavy atom. The number of ketones is 2. The summed E-state index contributed by atoms with van der Waals surface area (Å²) in [6.07, 6.45) is 35.1. The molecule has 0 heterocycles. The van der Waals surface area contributed by atoms with Gasteiger partial charge >= 0.3 is 0 Å². The largest absolute Gasteiger partial charge is 0.289 e.